The van der Waals surface area contributed by atoms with Gasteiger partial charge in [-0.15, -0.1) is 0 Å². The first-order valence-corrected chi connectivity index (χ1v) is 6.32. The summed E-state index contributed by atoms with van der Waals surface area (Å²) >= 11 is 0. The van der Waals surface area contributed by atoms with Gasteiger partial charge in [0.15, 0.2) is 12.4 Å². The molecule has 0 spiro atoms. The SMILES string of the molecule is Cc1cc(NC(=O)C[NH+](C)Cc2ccccc2F)no1. The van der Waals surface area contributed by atoms with E-state index in [-0.39, 0.29) is 18.3 Å². The average molecular weight is 278 g/mol. The van der Waals surface area contributed by atoms with E-state index < -0.39 is 0 Å². The predicted molar refractivity (Wildman–Crippen MR) is 71.7 cm³/mol. The third-order valence-corrected chi connectivity index (χ3v) is 2.81. The van der Waals surface area contributed by atoms with Gasteiger partial charge in [-0.25, -0.2) is 4.39 Å². The van der Waals surface area contributed by atoms with Crippen LogP contribution in [0.4, 0.5) is 10.2 Å². The summed E-state index contributed by atoms with van der Waals surface area (Å²) in [5, 5.41) is 6.32. The lowest BCUT2D eigenvalue weighted by atomic mass is 10.2. The van der Waals surface area contributed by atoms with E-state index in [4.69, 9.17) is 4.52 Å². The van der Waals surface area contributed by atoms with E-state index in [1.54, 1.807) is 31.2 Å². The maximum Gasteiger partial charge on any atom is 0.280 e. The molecule has 1 aromatic carbocycles. The Balaban J connectivity index is 1.86. The van der Waals surface area contributed by atoms with Crippen LogP contribution >= 0.6 is 0 Å². The van der Waals surface area contributed by atoms with Gasteiger partial charge in [0, 0.05) is 11.6 Å². The Morgan fingerprint density at radius 1 is 1.45 bits per heavy atom. The van der Waals surface area contributed by atoms with Gasteiger partial charge < -0.3 is 14.7 Å². The summed E-state index contributed by atoms with van der Waals surface area (Å²) in [7, 11) is 1.83. The van der Waals surface area contributed by atoms with Crippen LogP contribution in [0, 0.1) is 12.7 Å². The minimum Gasteiger partial charge on any atom is -0.360 e. The monoisotopic (exact) mass is 278 g/mol. The number of anilines is 1. The summed E-state index contributed by atoms with van der Waals surface area (Å²) < 4.78 is 18.4. The van der Waals surface area contributed by atoms with Crippen molar-refractivity contribution in [2.75, 3.05) is 18.9 Å². The third kappa shape index (κ3) is 3.89. The zero-order chi connectivity index (χ0) is 14.5. The van der Waals surface area contributed by atoms with Crippen LogP contribution in [0.3, 0.4) is 0 Å². The lowest BCUT2D eigenvalue weighted by Crippen LogP contribution is -3.08. The number of likely N-dealkylation sites (N-methyl/N-ethyl adjacent to an activating group) is 1. The number of hydrogen-bond donors (Lipinski definition) is 2. The molecule has 0 saturated carbocycles. The molecule has 1 aromatic heterocycles. The first-order valence-electron chi connectivity index (χ1n) is 6.32. The third-order valence-electron chi connectivity index (χ3n) is 2.81. The fraction of sp³-hybridized carbons (Fsp3) is 0.286. The van der Waals surface area contributed by atoms with Crippen molar-refractivity contribution in [1.29, 1.82) is 0 Å². The number of nitrogens with one attached hydrogen (secondary N) is 2. The number of nitrogens with zero attached hydrogens (tertiary/aromatic N) is 1. The Kier molecular flexibility index (Phi) is 4.47. The van der Waals surface area contributed by atoms with Crippen LogP contribution in [0.25, 0.3) is 0 Å². The highest BCUT2D eigenvalue weighted by Gasteiger charge is 2.14. The van der Waals surface area contributed by atoms with Crippen molar-refractivity contribution >= 4 is 11.7 Å². The molecule has 1 amide bonds. The number of amides is 1. The van der Waals surface area contributed by atoms with Gasteiger partial charge in [0.1, 0.15) is 18.1 Å². The number of hydrogen-bond acceptors (Lipinski definition) is 3. The zero-order valence-electron chi connectivity index (χ0n) is 11.4. The molecule has 0 radical (unpaired) electrons. The lowest BCUT2D eigenvalue weighted by molar-refractivity contribution is -0.885. The van der Waals surface area contributed by atoms with E-state index in [0.717, 1.165) is 4.90 Å². The maximum atomic E-state index is 13.5. The fourth-order valence-electron chi connectivity index (χ4n) is 1.92. The van der Waals surface area contributed by atoms with Gasteiger partial charge in [0.05, 0.1) is 7.05 Å². The van der Waals surface area contributed by atoms with Gasteiger partial charge in [-0.3, -0.25) is 4.79 Å². The standard InChI is InChI=1S/C14H16FN3O2/c1-10-7-13(17-20-10)16-14(19)9-18(2)8-11-5-3-4-6-12(11)15/h3-7H,8-9H2,1-2H3,(H,16,17,19)/p+1. The second-order valence-corrected chi connectivity index (χ2v) is 4.77. The van der Waals surface area contributed by atoms with Gasteiger partial charge in [-0.05, 0) is 13.0 Å². The molecule has 0 aliphatic rings. The fourth-order valence-corrected chi connectivity index (χ4v) is 1.92. The number of halogens is 1. The number of aryl methyl sites for hydroxylation is 1. The van der Waals surface area contributed by atoms with E-state index in [1.807, 2.05) is 7.05 Å². The maximum absolute atomic E-state index is 13.5. The molecule has 1 unspecified atom stereocenters. The van der Waals surface area contributed by atoms with Crippen molar-refractivity contribution in [3.05, 3.63) is 47.5 Å². The molecule has 0 saturated heterocycles. The molecule has 0 aliphatic carbocycles. The highest BCUT2D eigenvalue weighted by atomic mass is 19.1. The van der Waals surface area contributed by atoms with Gasteiger partial charge in [-0.1, -0.05) is 23.4 Å². The predicted octanol–water partition coefficient (Wildman–Crippen LogP) is 0.776. The molecule has 6 heteroatoms. The van der Waals surface area contributed by atoms with E-state index in [2.05, 4.69) is 10.5 Å². The smallest absolute Gasteiger partial charge is 0.280 e. The van der Waals surface area contributed by atoms with Crippen molar-refractivity contribution in [2.45, 2.75) is 13.5 Å². The normalized spacial score (nSPS) is 12.2. The Bertz CT molecular complexity index is 598. The minimum absolute atomic E-state index is 0.188. The molecule has 0 fully saturated rings. The minimum atomic E-state index is -0.251. The van der Waals surface area contributed by atoms with Gasteiger partial charge >= 0.3 is 0 Å². The van der Waals surface area contributed by atoms with Crippen LogP contribution < -0.4 is 10.2 Å². The Hall–Kier alpha value is -2.21. The Morgan fingerprint density at radius 2 is 2.20 bits per heavy atom. The highest BCUT2D eigenvalue weighted by molar-refractivity contribution is 5.90. The number of carbonyl (C=O) groups is 1. The number of benzene rings is 1. The zero-order valence-corrected chi connectivity index (χ0v) is 11.4. The summed E-state index contributed by atoms with van der Waals surface area (Å²) in [6, 6.07) is 8.21. The van der Waals surface area contributed by atoms with Crippen LogP contribution in [0.1, 0.15) is 11.3 Å². The molecule has 20 heavy (non-hydrogen) atoms. The van der Waals surface area contributed by atoms with Crippen LogP contribution in [-0.2, 0) is 11.3 Å². The van der Waals surface area contributed by atoms with E-state index in [9.17, 15) is 9.18 Å². The average Bonchev–Trinajstić information content (AvgIpc) is 2.77. The molecule has 2 N–H and O–H groups in total. The Labute approximate surface area is 116 Å². The van der Waals surface area contributed by atoms with E-state index >= 15 is 0 Å². The van der Waals surface area contributed by atoms with Crippen LogP contribution in [0.2, 0.25) is 0 Å². The number of quaternary nitrogens is 1. The molecule has 0 aliphatic heterocycles. The first-order chi connectivity index (χ1) is 9.54. The summed E-state index contributed by atoms with van der Waals surface area (Å²) in [4.78, 5) is 12.7. The molecule has 1 heterocycles. The van der Waals surface area contributed by atoms with Crippen molar-refractivity contribution in [2.24, 2.45) is 0 Å². The number of rotatable bonds is 5. The van der Waals surface area contributed by atoms with Gasteiger partial charge in [-0.2, -0.15) is 0 Å². The summed E-state index contributed by atoms with van der Waals surface area (Å²) in [6.07, 6.45) is 0. The number of carbonyl (C=O) groups excluding carboxylic acids is 1. The molecular weight excluding hydrogens is 261 g/mol. The van der Waals surface area contributed by atoms with E-state index in [1.165, 1.54) is 6.07 Å². The largest absolute Gasteiger partial charge is 0.360 e. The van der Waals surface area contributed by atoms with Crippen LogP contribution in [-0.4, -0.2) is 24.7 Å². The first kappa shape index (κ1) is 14.2. The van der Waals surface area contributed by atoms with Crippen LogP contribution in [0.5, 0.6) is 0 Å². The van der Waals surface area contributed by atoms with Crippen molar-refractivity contribution < 1.29 is 18.6 Å². The molecule has 2 rings (SSSR count). The quantitative estimate of drug-likeness (QED) is 0.849. The molecular formula is C14H17FN3O2+. The van der Waals surface area contributed by atoms with Crippen molar-refractivity contribution in [1.82, 2.24) is 5.16 Å². The van der Waals surface area contributed by atoms with Crippen molar-refractivity contribution in [3.63, 3.8) is 0 Å². The molecule has 0 bridgehead atoms. The Morgan fingerprint density at radius 3 is 2.85 bits per heavy atom. The second-order valence-electron chi connectivity index (χ2n) is 4.77. The summed E-state index contributed by atoms with van der Waals surface area (Å²) in [5.41, 5.74) is 0.593. The molecule has 1 atom stereocenters. The summed E-state index contributed by atoms with van der Waals surface area (Å²) in [6.45, 7) is 2.41. The number of aromatic nitrogens is 1. The topological polar surface area (TPSA) is 59.6 Å². The molecule has 106 valence electrons. The molecule has 2 aromatic rings. The summed E-state index contributed by atoms with van der Waals surface area (Å²) in [5.74, 6) is 0.588. The van der Waals surface area contributed by atoms with E-state index in [0.29, 0.717) is 23.7 Å². The van der Waals surface area contributed by atoms with Gasteiger partial charge in [0.2, 0.25) is 0 Å². The molecule has 5 nitrogen and oxygen atoms in total. The van der Waals surface area contributed by atoms with Crippen LogP contribution in [0.15, 0.2) is 34.9 Å². The highest BCUT2D eigenvalue weighted by Crippen LogP contribution is 2.06. The lowest BCUT2D eigenvalue weighted by Gasteiger charge is -2.13. The van der Waals surface area contributed by atoms with Gasteiger partial charge in [0.25, 0.3) is 5.91 Å². The second kappa shape index (κ2) is 6.29. The van der Waals surface area contributed by atoms with Crippen molar-refractivity contribution in [3.8, 4) is 0 Å².